The van der Waals surface area contributed by atoms with Crippen LogP contribution in [0.4, 0.5) is 0 Å². The van der Waals surface area contributed by atoms with Crippen molar-refractivity contribution in [2.24, 2.45) is 0 Å². The molecule has 114 valence electrons. The summed E-state index contributed by atoms with van der Waals surface area (Å²) in [6.07, 6.45) is 6.45. The summed E-state index contributed by atoms with van der Waals surface area (Å²) in [7, 11) is 0. The predicted molar refractivity (Wildman–Crippen MR) is 95.3 cm³/mol. The highest BCUT2D eigenvalue weighted by Crippen LogP contribution is 2.23. The van der Waals surface area contributed by atoms with E-state index in [4.69, 9.17) is 0 Å². The Morgan fingerprint density at radius 3 is 2.41 bits per heavy atom. The first-order valence-corrected chi connectivity index (χ1v) is 8.49. The van der Waals surface area contributed by atoms with Gasteiger partial charge in [0.1, 0.15) is 0 Å². The number of unbranched alkanes of at least 4 members (excludes halogenated alkanes) is 3. The molecule has 0 aliphatic heterocycles. The lowest BCUT2D eigenvalue weighted by Gasteiger charge is -2.11. The van der Waals surface area contributed by atoms with Gasteiger partial charge in [0, 0.05) is 17.8 Å². The molecule has 0 aliphatic rings. The maximum atomic E-state index is 2.50. The first kappa shape index (κ1) is 14.9. The molecule has 2 aromatic carbocycles. The third-order valence-corrected chi connectivity index (χ3v) is 4.37. The molecule has 0 aliphatic carbocycles. The van der Waals surface area contributed by atoms with Crippen LogP contribution in [-0.4, -0.2) is 4.57 Å². The SMILES string of the molecule is CCCCCCc1cc2ccccc2n1Cc1ccccc1. The minimum Gasteiger partial charge on any atom is -0.340 e. The van der Waals surface area contributed by atoms with E-state index in [2.05, 4.69) is 72.2 Å². The van der Waals surface area contributed by atoms with Gasteiger partial charge in [0.2, 0.25) is 0 Å². The summed E-state index contributed by atoms with van der Waals surface area (Å²) in [5.41, 5.74) is 4.21. The molecule has 0 N–H and O–H groups in total. The van der Waals surface area contributed by atoms with Crippen LogP contribution >= 0.6 is 0 Å². The number of para-hydroxylation sites is 1. The molecule has 0 unspecified atom stereocenters. The number of hydrogen-bond donors (Lipinski definition) is 0. The molecule has 1 nitrogen and oxygen atoms in total. The number of benzene rings is 2. The molecular weight excluding hydrogens is 266 g/mol. The zero-order valence-corrected chi connectivity index (χ0v) is 13.5. The first-order valence-electron chi connectivity index (χ1n) is 8.49. The predicted octanol–water partition coefficient (Wildman–Crippen LogP) is 5.81. The smallest absolute Gasteiger partial charge is 0.0485 e. The van der Waals surface area contributed by atoms with Crippen molar-refractivity contribution in [1.29, 1.82) is 0 Å². The van der Waals surface area contributed by atoms with E-state index in [1.165, 1.54) is 54.3 Å². The molecule has 0 bridgehead atoms. The summed E-state index contributed by atoms with van der Waals surface area (Å²) in [6.45, 7) is 3.24. The number of rotatable bonds is 7. The summed E-state index contributed by atoms with van der Waals surface area (Å²) in [4.78, 5) is 0. The van der Waals surface area contributed by atoms with Gasteiger partial charge < -0.3 is 4.57 Å². The topological polar surface area (TPSA) is 4.93 Å². The maximum absolute atomic E-state index is 2.50. The van der Waals surface area contributed by atoms with Gasteiger partial charge in [-0.15, -0.1) is 0 Å². The molecule has 0 saturated heterocycles. The van der Waals surface area contributed by atoms with E-state index in [1.807, 2.05) is 0 Å². The number of aromatic nitrogens is 1. The van der Waals surface area contributed by atoms with Crippen molar-refractivity contribution in [3.63, 3.8) is 0 Å². The van der Waals surface area contributed by atoms with Crippen LogP contribution < -0.4 is 0 Å². The van der Waals surface area contributed by atoms with Crippen molar-refractivity contribution < 1.29 is 0 Å². The van der Waals surface area contributed by atoms with Crippen molar-refractivity contribution in [1.82, 2.24) is 4.57 Å². The minimum atomic E-state index is 0.970. The van der Waals surface area contributed by atoms with Gasteiger partial charge >= 0.3 is 0 Å². The van der Waals surface area contributed by atoms with Gasteiger partial charge in [0.05, 0.1) is 0 Å². The number of nitrogens with zero attached hydrogens (tertiary/aromatic N) is 1. The van der Waals surface area contributed by atoms with E-state index >= 15 is 0 Å². The quantitative estimate of drug-likeness (QED) is 0.484. The van der Waals surface area contributed by atoms with Gasteiger partial charge in [-0.3, -0.25) is 0 Å². The molecule has 0 saturated carbocycles. The third kappa shape index (κ3) is 3.41. The van der Waals surface area contributed by atoms with Gasteiger partial charge in [-0.2, -0.15) is 0 Å². The summed E-state index contributed by atoms with van der Waals surface area (Å²) in [6, 6.07) is 21.9. The summed E-state index contributed by atoms with van der Waals surface area (Å²) >= 11 is 0. The second kappa shape index (κ2) is 7.31. The molecule has 3 aromatic rings. The van der Waals surface area contributed by atoms with Crippen LogP contribution in [0.2, 0.25) is 0 Å². The van der Waals surface area contributed by atoms with Crippen molar-refractivity contribution in [2.75, 3.05) is 0 Å². The van der Waals surface area contributed by atoms with E-state index in [1.54, 1.807) is 0 Å². The van der Waals surface area contributed by atoms with E-state index in [0.717, 1.165) is 6.54 Å². The van der Waals surface area contributed by atoms with Crippen LogP contribution in [0.1, 0.15) is 43.9 Å². The Morgan fingerprint density at radius 2 is 1.59 bits per heavy atom. The Bertz CT molecular complexity index is 709. The summed E-state index contributed by atoms with van der Waals surface area (Å²) in [5.74, 6) is 0. The molecule has 0 amide bonds. The second-order valence-electron chi connectivity index (χ2n) is 6.08. The third-order valence-electron chi connectivity index (χ3n) is 4.37. The average molecular weight is 291 g/mol. The zero-order chi connectivity index (χ0) is 15.2. The Hall–Kier alpha value is -2.02. The lowest BCUT2D eigenvalue weighted by atomic mass is 10.1. The van der Waals surface area contributed by atoms with Crippen LogP contribution in [0, 0.1) is 0 Å². The van der Waals surface area contributed by atoms with Gasteiger partial charge in [0.25, 0.3) is 0 Å². The van der Waals surface area contributed by atoms with Crippen LogP contribution in [0.5, 0.6) is 0 Å². The normalized spacial score (nSPS) is 11.1. The molecule has 0 radical (unpaired) electrons. The molecule has 3 rings (SSSR count). The van der Waals surface area contributed by atoms with Crippen molar-refractivity contribution >= 4 is 10.9 Å². The van der Waals surface area contributed by atoms with Crippen LogP contribution in [0.3, 0.4) is 0 Å². The van der Waals surface area contributed by atoms with Crippen LogP contribution in [-0.2, 0) is 13.0 Å². The highest BCUT2D eigenvalue weighted by atomic mass is 15.0. The zero-order valence-electron chi connectivity index (χ0n) is 13.5. The standard InChI is InChI=1S/C21H25N/c1-2-3-4-8-14-20-16-19-13-9-10-15-21(19)22(20)17-18-11-6-5-7-12-18/h5-7,9-13,15-16H,2-4,8,14,17H2,1H3. The monoisotopic (exact) mass is 291 g/mol. The summed E-state index contributed by atoms with van der Waals surface area (Å²) in [5, 5.41) is 1.36. The molecule has 1 aromatic heterocycles. The highest BCUT2D eigenvalue weighted by Gasteiger charge is 2.08. The molecule has 0 spiro atoms. The second-order valence-corrected chi connectivity index (χ2v) is 6.08. The van der Waals surface area contributed by atoms with Gasteiger partial charge in [0.15, 0.2) is 0 Å². The van der Waals surface area contributed by atoms with Gasteiger partial charge in [-0.25, -0.2) is 0 Å². The number of fused-ring (bicyclic) bond motifs is 1. The Kier molecular flexibility index (Phi) is 4.95. The number of hydrogen-bond acceptors (Lipinski definition) is 0. The number of aryl methyl sites for hydroxylation is 1. The molecular formula is C21H25N. The van der Waals surface area contributed by atoms with E-state index < -0.39 is 0 Å². The lowest BCUT2D eigenvalue weighted by Crippen LogP contribution is -2.04. The fourth-order valence-electron chi connectivity index (χ4n) is 3.16. The van der Waals surface area contributed by atoms with Gasteiger partial charge in [-0.05, 0) is 35.9 Å². The molecule has 1 heteroatoms. The van der Waals surface area contributed by atoms with Crippen LogP contribution in [0.15, 0.2) is 60.7 Å². The van der Waals surface area contributed by atoms with Crippen molar-refractivity contribution in [3.8, 4) is 0 Å². The van der Waals surface area contributed by atoms with Gasteiger partial charge in [-0.1, -0.05) is 74.7 Å². The molecule has 0 fully saturated rings. The maximum Gasteiger partial charge on any atom is 0.0485 e. The van der Waals surface area contributed by atoms with E-state index in [9.17, 15) is 0 Å². The molecule has 0 atom stereocenters. The van der Waals surface area contributed by atoms with Crippen LogP contribution in [0.25, 0.3) is 10.9 Å². The lowest BCUT2D eigenvalue weighted by molar-refractivity contribution is 0.643. The Morgan fingerprint density at radius 1 is 0.818 bits per heavy atom. The Labute approximate surface area is 133 Å². The molecule has 1 heterocycles. The largest absolute Gasteiger partial charge is 0.340 e. The van der Waals surface area contributed by atoms with E-state index in [-0.39, 0.29) is 0 Å². The van der Waals surface area contributed by atoms with Crippen molar-refractivity contribution in [3.05, 3.63) is 71.9 Å². The average Bonchev–Trinajstić information content (AvgIpc) is 2.91. The minimum absolute atomic E-state index is 0.970. The molecule has 22 heavy (non-hydrogen) atoms. The fraction of sp³-hybridized carbons (Fsp3) is 0.333. The highest BCUT2D eigenvalue weighted by molar-refractivity contribution is 5.81. The van der Waals surface area contributed by atoms with Crippen molar-refractivity contribution in [2.45, 2.75) is 45.6 Å². The fourth-order valence-corrected chi connectivity index (χ4v) is 3.16. The van der Waals surface area contributed by atoms with E-state index in [0.29, 0.717) is 0 Å². The summed E-state index contributed by atoms with van der Waals surface area (Å²) < 4.78 is 2.50. The Balaban J connectivity index is 1.87. The first-order chi connectivity index (χ1) is 10.9.